The number of aryl methyl sites for hydroxylation is 2. The Balaban J connectivity index is 1.47. The van der Waals surface area contributed by atoms with Crippen LogP contribution in [0.15, 0.2) is 48.5 Å². The maximum atomic E-state index is 12.4. The van der Waals surface area contributed by atoms with E-state index in [1.54, 1.807) is 0 Å². The largest absolute Gasteiger partial charge is 0.356 e. The summed E-state index contributed by atoms with van der Waals surface area (Å²) in [6.07, 6.45) is 1.44. The van der Waals surface area contributed by atoms with Crippen LogP contribution in [0.5, 0.6) is 0 Å². The molecule has 3 rings (SSSR count). The topological polar surface area (TPSA) is 58.2 Å². The molecule has 1 fully saturated rings. The maximum Gasteiger partial charge on any atom is 0.228 e. The molecule has 0 saturated heterocycles. The molecule has 0 spiro atoms. The molecule has 0 aliphatic heterocycles. The monoisotopic (exact) mass is 336 g/mol. The third-order valence-corrected chi connectivity index (χ3v) is 4.75. The van der Waals surface area contributed by atoms with Gasteiger partial charge < -0.3 is 10.6 Å². The molecule has 0 bridgehead atoms. The lowest BCUT2D eigenvalue weighted by Gasteiger charge is -2.11. The van der Waals surface area contributed by atoms with Gasteiger partial charge in [-0.1, -0.05) is 48.5 Å². The van der Waals surface area contributed by atoms with E-state index in [1.807, 2.05) is 62.4 Å². The van der Waals surface area contributed by atoms with Gasteiger partial charge in [0.05, 0.1) is 11.8 Å². The molecular formula is C21H24N2O2. The summed E-state index contributed by atoms with van der Waals surface area (Å²) in [4.78, 5) is 24.6. The summed E-state index contributed by atoms with van der Waals surface area (Å²) in [5.41, 5.74) is 4.14. The third kappa shape index (κ3) is 4.27. The number of amides is 2. The normalized spacial score (nSPS) is 18.5. The first-order valence-corrected chi connectivity index (χ1v) is 8.75. The van der Waals surface area contributed by atoms with Gasteiger partial charge in [-0.3, -0.25) is 9.59 Å². The van der Waals surface area contributed by atoms with E-state index in [9.17, 15) is 9.59 Å². The van der Waals surface area contributed by atoms with Crippen LogP contribution in [0.2, 0.25) is 0 Å². The van der Waals surface area contributed by atoms with Gasteiger partial charge in [0.1, 0.15) is 0 Å². The number of hydrogen-bond acceptors (Lipinski definition) is 2. The number of rotatable bonds is 6. The predicted octanol–water partition coefficient (Wildman–Crippen LogP) is 3.24. The van der Waals surface area contributed by atoms with Gasteiger partial charge in [0.25, 0.3) is 0 Å². The van der Waals surface area contributed by atoms with Crippen molar-refractivity contribution < 1.29 is 9.59 Å². The first-order chi connectivity index (χ1) is 12.1. The van der Waals surface area contributed by atoms with E-state index < -0.39 is 0 Å². The zero-order valence-electron chi connectivity index (χ0n) is 14.7. The zero-order chi connectivity index (χ0) is 17.8. The molecule has 2 aromatic rings. The van der Waals surface area contributed by atoms with Crippen LogP contribution in [-0.2, 0) is 16.0 Å². The molecule has 2 N–H and O–H groups in total. The van der Waals surface area contributed by atoms with E-state index in [0.717, 1.165) is 23.2 Å². The fraction of sp³-hybridized carbons (Fsp3) is 0.333. The van der Waals surface area contributed by atoms with Gasteiger partial charge in [0.2, 0.25) is 11.8 Å². The number of nitrogens with one attached hydrogen (secondary N) is 2. The standard InChI is InChI=1S/C21H24N2O2/c1-14-7-6-8-15(2)19(14)23-21(25)18-13-17(18)20(24)22-12-11-16-9-4-3-5-10-16/h3-10,17-18H,11-13H2,1-2H3,(H,22,24)(H,23,25). The second-order valence-electron chi connectivity index (χ2n) is 6.73. The third-order valence-electron chi connectivity index (χ3n) is 4.75. The van der Waals surface area contributed by atoms with Gasteiger partial charge in [0, 0.05) is 12.2 Å². The number of anilines is 1. The van der Waals surface area contributed by atoms with E-state index in [-0.39, 0.29) is 23.7 Å². The van der Waals surface area contributed by atoms with Crippen LogP contribution in [0.1, 0.15) is 23.1 Å². The molecule has 4 nitrogen and oxygen atoms in total. The van der Waals surface area contributed by atoms with E-state index in [1.165, 1.54) is 5.56 Å². The summed E-state index contributed by atoms with van der Waals surface area (Å²) in [5.74, 6) is -0.478. The molecule has 25 heavy (non-hydrogen) atoms. The Morgan fingerprint density at radius 2 is 1.56 bits per heavy atom. The molecule has 0 radical (unpaired) electrons. The average molecular weight is 336 g/mol. The van der Waals surface area contributed by atoms with Crippen LogP contribution in [0.25, 0.3) is 0 Å². The van der Waals surface area contributed by atoms with Crippen molar-refractivity contribution in [2.45, 2.75) is 26.7 Å². The number of para-hydroxylation sites is 1. The lowest BCUT2D eigenvalue weighted by atomic mass is 10.1. The highest BCUT2D eigenvalue weighted by molar-refractivity contribution is 6.00. The minimum absolute atomic E-state index is 0.0161. The SMILES string of the molecule is Cc1cccc(C)c1NC(=O)C1CC1C(=O)NCCc1ccccc1. The van der Waals surface area contributed by atoms with Crippen molar-refractivity contribution in [1.82, 2.24) is 5.32 Å². The molecule has 2 amide bonds. The van der Waals surface area contributed by atoms with Crippen LogP contribution >= 0.6 is 0 Å². The van der Waals surface area contributed by atoms with Gasteiger partial charge in [0.15, 0.2) is 0 Å². The van der Waals surface area contributed by atoms with Gasteiger partial charge in [-0.25, -0.2) is 0 Å². The first-order valence-electron chi connectivity index (χ1n) is 8.75. The maximum absolute atomic E-state index is 12.4. The minimum Gasteiger partial charge on any atom is -0.356 e. The van der Waals surface area contributed by atoms with E-state index >= 15 is 0 Å². The first kappa shape index (κ1) is 17.2. The van der Waals surface area contributed by atoms with Gasteiger partial charge in [-0.15, -0.1) is 0 Å². The molecule has 130 valence electrons. The average Bonchev–Trinajstić information content (AvgIpc) is 3.40. The van der Waals surface area contributed by atoms with Crippen molar-refractivity contribution in [3.63, 3.8) is 0 Å². The summed E-state index contributed by atoms with van der Waals surface area (Å²) in [7, 11) is 0. The van der Waals surface area contributed by atoms with Crippen molar-refractivity contribution in [3.8, 4) is 0 Å². The Morgan fingerprint density at radius 3 is 2.24 bits per heavy atom. The molecule has 1 aliphatic carbocycles. The number of benzene rings is 2. The second-order valence-corrected chi connectivity index (χ2v) is 6.73. The molecule has 2 atom stereocenters. The fourth-order valence-corrected chi connectivity index (χ4v) is 3.11. The van der Waals surface area contributed by atoms with Crippen molar-refractivity contribution in [3.05, 3.63) is 65.2 Å². The lowest BCUT2D eigenvalue weighted by molar-refractivity contribution is -0.125. The summed E-state index contributed by atoms with van der Waals surface area (Å²) in [5, 5.41) is 5.93. The van der Waals surface area contributed by atoms with Crippen molar-refractivity contribution in [2.75, 3.05) is 11.9 Å². The van der Waals surface area contributed by atoms with Crippen molar-refractivity contribution in [2.24, 2.45) is 11.8 Å². The molecule has 2 unspecified atom stereocenters. The Bertz CT molecular complexity index is 750. The van der Waals surface area contributed by atoms with E-state index in [2.05, 4.69) is 10.6 Å². The van der Waals surface area contributed by atoms with Gasteiger partial charge in [-0.05, 0) is 43.4 Å². The van der Waals surface area contributed by atoms with Crippen molar-refractivity contribution in [1.29, 1.82) is 0 Å². The molecule has 1 saturated carbocycles. The zero-order valence-corrected chi connectivity index (χ0v) is 14.7. The summed E-state index contributed by atoms with van der Waals surface area (Å²) < 4.78 is 0. The Labute approximate surface area is 148 Å². The lowest BCUT2D eigenvalue weighted by Crippen LogP contribution is -2.29. The van der Waals surface area contributed by atoms with E-state index in [4.69, 9.17) is 0 Å². The fourth-order valence-electron chi connectivity index (χ4n) is 3.11. The van der Waals surface area contributed by atoms with E-state index in [0.29, 0.717) is 13.0 Å². The highest BCUT2D eigenvalue weighted by Gasteiger charge is 2.48. The van der Waals surface area contributed by atoms with Crippen molar-refractivity contribution >= 4 is 17.5 Å². The number of carbonyl (C=O) groups excluding carboxylic acids is 2. The van der Waals surface area contributed by atoms with Crippen LogP contribution in [0.3, 0.4) is 0 Å². The Morgan fingerprint density at radius 1 is 0.920 bits per heavy atom. The summed E-state index contributed by atoms with van der Waals surface area (Å²) in [6, 6.07) is 16.0. The Kier molecular flexibility index (Phi) is 5.17. The van der Waals surface area contributed by atoms with Gasteiger partial charge >= 0.3 is 0 Å². The molecule has 0 aromatic heterocycles. The summed E-state index contributed by atoms with van der Waals surface area (Å²) >= 11 is 0. The molecule has 4 heteroatoms. The van der Waals surface area contributed by atoms with Crippen LogP contribution in [0.4, 0.5) is 5.69 Å². The molecule has 2 aromatic carbocycles. The predicted molar refractivity (Wildman–Crippen MR) is 99.3 cm³/mol. The Hall–Kier alpha value is -2.62. The number of carbonyl (C=O) groups is 2. The van der Waals surface area contributed by atoms with Crippen LogP contribution in [-0.4, -0.2) is 18.4 Å². The molecule has 1 aliphatic rings. The smallest absolute Gasteiger partial charge is 0.228 e. The van der Waals surface area contributed by atoms with Crippen LogP contribution in [0, 0.1) is 25.7 Å². The van der Waals surface area contributed by atoms with Crippen LogP contribution < -0.4 is 10.6 Å². The number of hydrogen-bond donors (Lipinski definition) is 2. The molecular weight excluding hydrogens is 312 g/mol. The van der Waals surface area contributed by atoms with Gasteiger partial charge in [-0.2, -0.15) is 0 Å². The second kappa shape index (κ2) is 7.51. The highest BCUT2D eigenvalue weighted by atomic mass is 16.2. The highest BCUT2D eigenvalue weighted by Crippen LogP contribution is 2.39. The molecule has 0 heterocycles. The summed E-state index contributed by atoms with van der Waals surface area (Å²) in [6.45, 7) is 4.55. The minimum atomic E-state index is -0.212. The quantitative estimate of drug-likeness (QED) is 0.851.